The average Bonchev–Trinajstić information content (AvgIpc) is 2.86. The van der Waals surface area contributed by atoms with Gasteiger partial charge in [-0.3, -0.25) is 9.52 Å². The number of benzene rings is 4. The molecule has 7 heteroatoms. The van der Waals surface area contributed by atoms with Crippen molar-refractivity contribution in [2.75, 3.05) is 17.1 Å². The number of anilines is 2. The molecule has 0 fully saturated rings. The fourth-order valence-corrected chi connectivity index (χ4v) is 4.58. The fourth-order valence-electron chi connectivity index (χ4n) is 3.52. The van der Waals surface area contributed by atoms with E-state index in [0.717, 1.165) is 11.1 Å². The third-order valence-corrected chi connectivity index (χ3v) is 6.73. The normalized spacial score (nSPS) is 11.0. The van der Waals surface area contributed by atoms with E-state index < -0.39 is 10.0 Å². The molecule has 34 heavy (non-hydrogen) atoms. The van der Waals surface area contributed by atoms with Gasteiger partial charge in [0.1, 0.15) is 5.75 Å². The molecule has 0 saturated carbocycles. The van der Waals surface area contributed by atoms with E-state index in [1.54, 1.807) is 67.6 Å². The maximum absolute atomic E-state index is 13.0. The molecule has 0 aliphatic heterocycles. The maximum Gasteiger partial charge on any atom is 0.262 e. The van der Waals surface area contributed by atoms with Gasteiger partial charge in [-0.1, -0.05) is 60.7 Å². The summed E-state index contributed by atoms with van der Waals surface area (Å²) in [6.07, 6.45) is 0. The van der Waals surface area contributed by atoms with Crippen LogP contribution in [0.15, 0.2) is 102 Å². The van der Waals surface area contributed by atoms with Gasteiger partial charge in [0.05, 0.1) is 17.7 Å². The van der Waals surface area contributed by atoms with Crippen LogP contribution in [0.5, 0.6) is 5.75 Å². The van der Waals surface area contributed by atoms with Crippen molar-refractivity contribution in [1.82, 2.24) is 0 Å². The van der Waals surface area contributed by atoms with Gasteiger partial charge in [-0.05, 0) is 53.9 Å². The Morgan fingerprint density at radius 1 is 0.765 bits per heavy atom. The summed E-state index contributed by atoms with van der Waals surface area (Å²) < 4.78 is 34.1. The second-order valence-corrected chi connectivity index (χ2v) is 9.37. The molecule has 0 aromatic heterocycles. The molecule has 0 spiro atoms. The minimum Gasteiger partial charge on any atom is -0.494 e. The summed E-state index contributed by atoms with van der Waals surface area (Å²) in [6, 6.07) is 28.5. The van der Waals surface area contributed by atoms with E-state index in [2.05, 4.69) is 10.0 Å². The molecule has 0 bridgehead atoms. The second kappa shape index (κ2) is 9.80. The molecule has 4 aromatic carbocycles. The zero-order valence-corrected chi connectivity index (χ0v) is 19.6. The SMILES string of the molecule is COc1cc(NC(=O)c2ccccc2)c(C)cc1NS(=O)(=O)c1ccc(-c2ccccc2)cc1. The lowest BCUT2D eigenvalue weighted by Crippen LogP contribution is -2.15. The number of aryl methyl sites for hydroxylation is 1. The van der Waals surface area contributed by atoms with Crippen LogP contribution < -0.4 is 14.8 Å². The van der Waals surface area contributed by atoms with Gasteiger partial charge in [0.25, 0.3) is 15.9 Å². The number of rotatable bonds is 7. The summed E-state index contributed by atoms with van der Waals surface area (Å²) in [4.78, 5) is 12.7. The molecular weight excluding hydrogens is 448 g/mol. The third-order valence-electron chi connectivity index (χ3n) is 5.35. The third kappa shape index (κ3) is 5.10. The molecule has 0 radical (unpaired) electrons. The van der Waals surface area contributed by atoms with Crippen LogP contribution in [0.1, 0.15) is 15.9 Å². The minimum absolute atomic E-state index is 0.133. The Balaban J connectivity index is 1.57. The number of hydrogen-bond donors (Lipinski definition) is 2. The van der Waals surface area contributed by atoms with Crippen molar-refractivity contribution in [3.05, 3.63) is 108 Å². The van der Waals surface area contributed by atoms with Crippen LogP contribution in [0, 0.1) is 6.92 Å². The monoisotopic (exact) mass is 472 g/mol. The van der Waals surface area contributed by atoms with E-state index in [-0.39, 0.29) is 16.5 Å². The van der Waals surface area contributed by atoms with E-state index in [9.17, 15) is 13.2 Å². The van der Waals surface area contributed by atoms with Gasteiger partial charge < -0.3 is 10.1 Å². The Labute approximate surface area is 199 Å². The predicted molar refractivity (Wildman–Crippen MR) is 135 cm³/mol. The van der Waals surface area contributed by atoms with Crippen molar-refractivity contribution in [3.8, 4) is 16.9 Å². The number of ether oxygens (including phenoxy) is 1. The highest BCUT2D eigenvalue weighted by atomic mass is 32.2. The van der Waals surface area contributed by atoms with Crippen LogP contribution in [0.2, 0.25) is 0 Å². The zero-order valence-electron chi connectivity index (χ0n) is 18.8. The van der Waals surface area contributed by atoms with Crippen molar-refractivity contribution in [1.29, 1.82) is 0 Å². The summed E-state index contributed by atoms with van der Waals surface area (Å²) in [7, 11) is -2.41. The molecule has 0 unspecified atom stereocenters. The first-order valence-corrected chi connectivity index (χ1v) is 12.1. The lowest BCUT2D eigenvalue weighted by molar-refractivity contribution is 0.102. The van der Waals surface area contributed by atoms with Gasteiger partial charge in [0.2, 0.25) is 0 Å². The van der Waals surface area contributed by atoms with Crippen LogP contribution in [0.25, 0.3) is 11.1 Å². The molecule has 0 aliphatic carbocycles. The van der Waals surface area contributed by atoms with Gasteiger partial charge in [-0.15, -0.1) is 0 Å². The lowest BCUT2D eigenvalue weighted by Gasteiger charge is -2.16. The zero-order chi connectivity index (χ0) is 24.1. The van der Waals surface area contributed by atoms with E-state index in [0.29, 0.717) is 22.6 Å². The average molecular weight is 473 g/mol. The van der Waals surface area contributed by atoms with Crippen LogP contribution in [0.3, 0.4) is 0 Å². The molecule has 0 saturated heterocycles. The number of sulfonamides is 1. The van der Waals surface area contributed by atoms with E-state index in [4.69, 9.17) is 4.74 Å². The summed E-state index contributed by atoms with van der Waals surface area (Å²) in [5, 5.41) is 2.85. The number of carbonyl (C=O) groups is 1. The molecule has 0 heterocycles. The first-order valence-electron chi connectivity index (χ1n) is 10.6. The molecule has 172 valence electrons. The fraction of sp³-hybridized carbons (Fsp3) is 0.0741. The van der Waals surface area contributed by atoms with Gasteiger partial charge in [-0.2, -0.15) is 0 Å². The number of amides is 1. The number of nitrogens with one attached hydrogen (secondary N) is 2. The Bertz CT molecular complexity index is 1400. The highest BCUT2D eigenvalue weighted by molar-refractivity contribution is 7.92. The Hall–Kier alpha value is -4.10. The van der Waals surface area contributed by atoms with Gasteiger partial charge in [0, 0.05) is 17.3 Å². The molecule has 1 amide bonds. The number of hydrogen-bond acceptors (Lipinski definition) is 4. The predicted octanol–water partition coefficient (Wildman–Crippen LogP) is 5.72. The molecule has 6 nitrogen and oxygen atoms in total. The largest absolute Gasteiger partial charge is 0.494 e. The summed E-state index contributed by atoms with van der Waals surface area (Å²) in [6.45, 7) is 1.78. The second-order valence-electron chi connectivity index (χ2n) is 7.68. The number of carbonyl (C=O) groups excluding carboxylic acids is 1. The summed E-state index contributed by atoms with van der Waals surface area (Å²) in [5.74, 6) is 0.0241. The topological polar surface area (TPSA) is 84.5 Å². The van der Waals surface area contributed by atoms with Crippen LogP contribution in [0.4, 0.5) is 11.4 Å². The molecule has 0 atom stereocenters. The van der Waals surface area contributed by atoms with Crippen molar-refractivity contribution in [3.63, 3.8) is 0 Å². The van der Waals surface area contributed by atoms with Crippen LogP contribution in [-0.2, 0) is 10.0 Å². The number of methoxy groups -OCH3 is 1. The first kappa shape index (κ1) is 23.1. The smallest absolute Gasteiger partial charge is 0.262 e. The standard InChI is InChI=1S/C27H24N2O4S/c1-19-17-25(26(33-2)18-24(19)28-27(30)22-11-7-4-8-12-22)29-34(31,32)23-15-13-21(14-16-23)20-9-5-3-6-10-20/h3-18,29H,1-2H3,(H,28,30). The molecule has 2 N–H and O–H groups in total. The Morgan fingerprint density at radius 3 is 1.97 bits per heavy atom. The highest BCUT2D eigenvalue weighted by Gasteiger charge is 2.19. The maximum atomic E-state index is 13.0. The first-order chi connectivity index (χ1) is 16.4. The van der Waals surface area contributed by atoms with Gasteiger partial charge in [-0.25, -0.2) is 8.42 Å². The molecule has 0 aliphatic rings. The highest BCUT2D eigenvalue weighted by Crippen LogP contribution is 2.33. The summed E-state index contributed by atoms with van der Waals surface area (Å²) in [5.41, 5.74) is 3.94. The minimum atomic E-state index is -3.86. The lowest BCUT2D eigenvalue weighted by atomic mass is 10.1. The van der Waals surface area contributed by atoms with Crippen molar-refractivity contribution >= 4 is 27.3 Å². The van der Waals surface area contributed by atoms with Crippen LogP contribution >= 0.6 is 0 Å². The van der Waals surface area contributed by atoms with Gasteiger partial charge >= 0.3 is 0 Å². The van der Waals surface area contributed by atoms with Crippen molar-refractivity contribution in [2.24, 2.45) is 0 Å². The van der Waals surface area contributed by atoms with Crippen molar-refractivity contribution in [2.45, 2.75) is 11.8 Å². The van der Waals surface area contributed by atoms with E-state index in [1.165, 1.54) is 7.11 Å². The summed E-state index contributed by atoms with van der Waals surface area (Å²) >= 11 is 0. The van der Waals surface area contributed by atoms with E-state index >= 15 is 0 Å². The molecule has 4 aromatic rings. The molecular formula is C27H24N2O4S. The van der Waals surface area contributed by atoms with E-state index in [1.807, 2.05) is 36.4 Å². The Kier molecular flexibility index (Phi) is 6.65. The molecule has 4 rings (SSSR count). The Morgan fingerprint density at radius 2 is 1.35 bits per heavy atom. The van der Waals surface area contributed by atoms with Crippen molar-refractivity contribution < 1.29 is 17.9 Å². The van der Waals surface area contributed by atoms with Gasteiger partial charge in [0.15, 0.2) is 0 Å². The van der Waals surface area contributed by atoms with Crippen LogP contribution in [-0.4, -0.2) is 21.4 Å². The quantitative estimate of drug-likeness (QED) is 0.360.